The molecule has 0 aliphatic carbocycles. The average Bonchev–Trinajstić information content (AvgIpc) is 3.49. The molecule has 3 aromatic rings. The lowest BCUT2D eigenvalue weighted by molar-refractivity contribution is -0.151. The molecule has 2 atom stereocenters. The molecule has 0 amide bonds. The third-order valence-corrected chi connectivity index (χ3v) is 6.30. The van der Waals surface area contributed by atoms with Gasteiger partial charge in [-0.3, -0.25) is 9.36 Å². The highest BCUT2D eigenvalue weighted by Gasteiger charge is 2.36. The Labute approximate surface area is 196 Å². The smallest absolute Gasteiger partial charge is 0.303 e. The Bertz CT molecular complexity index is 1150. The number of aromatic nitrogens is 4. The van der Waals surface area contributed by atoms with Gasteiger partial charge in [-0.25, -0.2) is 15.0 Å². The number of unbranched alkanes of at least 4 members (excludes halogenated alkanes) is 4. The Morgan fingerprint density at radius 3 is 2.97 bits per heavy atom. The fourth-order valence-corrected chi connectivity index (χ4v) is 4.64. The van der Waals surface area contributed by atoms with Crippen molar-refractivity contribution in [3.05, 3.63) is 28.5 Å². The molecule has 1 aliphatic rings. The first-order chi connectivity index (χ1) is 15.6. The van der Waals surface area contributed by atoms with Gasteiger partial charge in [-0.2, -0.15) is 0 Å². The molecule has 3 aromatic heterocycles. The van der Waals surface area contributed by atoms with Crippen LogP contribution in [-0.2, 0) is 14.3 Å². The summed E-state index contributed by atoms with van der Waals surface area (Å²) in [5.74, 6) is 6.83. The third kappa shape index (κ3) is 4.96. The number of carbonyl (C=O) groups is 1. The molecule has 168 valence electrons. The lowest BCUT2D eigenvalue weighted by Gasteiger charge is -2.21. The van der Waals surface area contributed by atoms with Gasteiger partial charge >= 0.3 is 5.97 Å². The van der Waals surface area contributed by atoms with E-state index >= 15 is 0 Å². The summed E-state index contributed by atoms with van der Waals surface area (Å²) in [6, 6.07) is 3.92. The van der Waals surface area contributed by atoms with Crippen LogP contribution in [0.4, 0.5) is 0 Å². The van der Waals surface area contributed by atoms with Crippen LogP contribution in [0.25, 0.3) is 21.9 Å². The van der Waals surface area contributed by atoms with Crippen LogP contribution in [0.2, 0.25) is 5.15 Å². The maximum Gasteiger partial charge on any atom is 0.303 e. The van der Waals surface area contributed by atoms with Crippen LogP contribution in [0.15, 0.2) is 17.5 Å². The molecule has 0 saturated carbocycles. The van der Waals surface area contributed by atoms with Crippen molar-refractivity contribution >= 4 is 40.1 Å². The lowest BCUT2D eigenvalue weighted by Crippen LogP contribution is -2.25. The predicted octanol–water partition coefficient (Wildman–Crippen LogP) is 5.38. The van der Waals surface area contributed by atoms with Gasteiger partial charge in [-0.15, -0.1) is 11.3 Å². The second-order valence-electron chi connectivity index (χ2n) is 7.60. The van der Waals surface area contributed by atoms with Gasteiger partial charge < -0.3 is 9.47 Å². The summed E-state index contributed by atoms with van der Waals surface area (Å²) >= 11 is 8.05. The Morgan fingerprint density at radius 1 is 1.34 bits per heavy atom. The van der Waals surface area contributed by atoms with E-state index < -0.39 is 12.3 Å². The molecule has 32 heavy (non-hydrogen) atoms. The highest BCUT2D eigenvalue weighted by molar-refractivity contribution is 7.13. The van der Waals surface area contributed by atoms with E-state index in [1.165, 1.54) is 26.2 Å². The van der Waals surface area contributed by atoms with Gasteiger partial charge in [0, 0.05) is 19.8 Å². The molecule has 2 unspecified atom stereocenters. The minimum absolute atomic E-state index is 0.240. The van der Waals surface area contributed by atoms with Gasteiger partial charge in [-0.1, -0.05) is 49.8 Å². The second kappa shape index (κ2) is 10.4. The van der Waals surface area contributed by atoms with Crippen LogP contribution in [0, 0.1) is 11.8 Å². The number of imidazole rings is 1. The van der Waals surface area contributed by atoms with Gasteiger partial charge in [0.25, 0.3) is 0 Å². The van der Waals surface area contributed by atoms with Crippen molar-refractivity contribution in [2.24, 2.45) is 0 Å². The van der Waals surface area contributed by atoms with E-state index in [1.807, 2.05) is 22.1 Å². The Balaban J connectivity index is 1.75. The molecule has 1 fully saturated rings. The maximum absolute atomic E-state index is 11.6. The lowest BCUT2D eigenvalue weighted by atomic mass is 10.2. The van der Waals surface area contributed by atoms with E-state index in [4.69, 9.17) is 26.1 Å². The van der Waals surface area contributed by atoms with E-state index in [1.54, 1.807) is 11.3 Å². The van der Waals surface area contributed by atoms with E-state index in [0.29, 0.717) is 35.8 Å². The molecule has 4 heterocycles. The molecular formula is C23H25ClN4O3S. The standard InChI is InChI=1S/C23H25ClN4O3S/c1-3-4-5-6-7-8-11-18-25-20(24)19-22(26-18)28(21(27-19)17-10-9-14-32-17)23-16(12-13-30-23)31-15(2)29/h9-10,14,16,23H,3-7,12-13H2,1-2H3. The SMILES string of the molecule is CCCCCCC#Cc1nc(Cl)c2nc(-c3cccs3)n(C3OCCC3OC(C)=O)c2n1. The average molecular weight is 473 g/mol. The van der Waals surface area contributed by atoms with Crippen LogP contribution in [-0.4, -0.2) is 38.2 Å². The van der Waals surface area contributed by atoms with Gasteiger partial charge in [0.1, 0.15) is 11.6 Å². The van der Waals surface area contributed by atoms with Gasteiger partial charge in [0.15, 0.2) is 22.9 Å². The Morgan fingerprint density at radius 2 is 2.22 bits per heavy atom. The number of thiophene rings is 1. The van der Waals surface area contributed by atoms with Crippen LogP contribution >= 0.6 is 22.9 Å². The van der Waals surface area contributed by atoms with E-state index in [2.05, 4.69) is 28.7 Å². The molecular weight excluding hydrogens is 448 g/mol. The summed E-state index contributed by atoms with van der Waals surface area (Å²) in [4.78, 5) is 26.3. The monoisotopic (exact) mass is 472 g/mol. The second-order valence-corrected chi connectivity index (χ2v) is 8.91. The van der Waals surface area contributed by atoms with Crippen molar-refractivity contribution in [1.29, 1.82) is 0 Å². The summed E-state index contributed by atoms with van der Waals surface area (Å²) in [5.41, 5.74) is 0.994. The number of carbonyl (C=O) groups excluding carboxylic acids is 1. The number of hydrogen-bond acceptors (Lipinski definition) is 7. The first kappa shape index (κ1) is 22.7. The van der Waals surface area contributed by atoms with Gasteiger partial charge in [0.05, 0.1) is 11.5 Å². The number of esters is 1. The maximum atomic E-state index is 11.6. The van der Waals surface area contributed by atoms with Crippen LogP contribution in [0.3, 0.4) is 0 Å². The van der Waals surface area contributed by atoms with Crippen LogP contribution < -0.4 is 0 Å². The normalized spacial score (nSPS) is 18.0. The molecule has 0 aromatic carbocycles. The number of fused-ring (bicyclic) bond motifs is 1. The highest BCUT2D eigenvalue weighted by atomic mass is 35.5. The Kier molecular flexibility index (Phi) is 7.40. The largest absolute Gasteiger partial charge is 0.458 e. The van der Waals surface area contributed by atoms with Crippen LogP contribution in [0.5, 0.6) is 0 Å². The number of hydrogen-bond donors (Lipinski definition) is 0. The van der Waals surface area contributed by atoms with Crippen molar-refractivity contribution in [1.82, 2.24) is 19.5 Å². The molecule has 9 heteroatoms. The summed E-state index contributed by atoms with van der Waals surface area (Å²) in [6.07, 6.45) is 5.02. The van der Waals surface area contributed by atoms with E-state index in [-0.39, 0.29) is 11.1 Å². The zero-order valence-corrected chi connectivity index (χ0v) is 19.7. The number of rotatable bonds is 7. The predicted molar refractivity (Wildman–Crippen MR) is 124 cm³/mol. The summed E-state index contributed by atoms with van der Waals surface area (Å²) < 4.78 is 13.4. The summed E-state index contributed by atoms with van der Waals surface area (Å²) in [7, 11) is 0. The summed E-state index contributed by atoms with van der Waals surface area (Å²) in [5, 5.41) is 2.21. The van der Waals surface area contributed by atoms with Crippen molar-refractivity contribution in [2.45, 2.75) is 64.7 Å². The molecule has 7 nitrogen and oxygen atoms in total. The number of nitrogens with zero attached hydrogens (tertiary/aromatic N) is 4. The topological polar surface area (TPSA) is 79.1 Å². The Hall–Kier alpha value is -2.47. The highest BCUT2D eigenvalue weighted by Crippen LogP contribution is 2.37. The molecule has 0 spiro atoms. The van der Waals surface area contributed by atoms with Crippen molar-refractivity contribution in [3.8, 4) is 22.5 Å². The molecule has 1 aliphatic heterocycles. The zero-order valence-electron chi connectivity index (χ0n) is 18.1. The fraction of sp³-hybridized carbons (Fsp3) is 0.478. The quantitative estimate of drug-likeness (QED) is 0.199. The zero-order chi connectivity index (χ0) is 22.5. The number of halogens is 1. The molecule has 1 saturated heterocycles. The van der Waals surface area contributed by atoms with E-state index in [0.717, 1.165) is 17.7 Å². The minimum atomic E-state index is -0.554. The molecule has 0 bridgehead atoms. The first-order valence-corrected chi connectivity index (χ1v) is 12.1. The van der Waals surface area contributed by atoms with Crippen LogP contribution in [0.1, 0.15) is 64.4 Å². The fourth-order valence-electron chi connectivity index (χ4n) is 3.72. The third-order valence-electron chi connectivity index (χ3n) is 5.18. The van der Waals surface area contributed by atoms with E-state index in [9.17, 15) is 4.79 Å². The first-order valence-electron chi connectivity index (χ1n) is 10.9. The summed E-state index contributed by atoms with van der Waals surface area (Å²) in [6.45, 7) is 4.05. The molecule has 0 radical (unpaired) electrons. The van der Waals surface area contributed by atoms with Crippen molar-refractivity contribution < 1.29 is 14.3 Å². The van der Waals surface area contributed by atoms with Crippen molar-refractivity contribution in [3.63, 3.8) is 0 Å². The van der Waals surface area contributed by atoms with Gasteiger partial charge in [-0.05, 0) is 23.8 Å². The van der Waals surface area contributed by atoms with Gasteiger partial charge in [0.2, 0.25) is 5.82 Å². The minimum Gasteiger partial charge on any atom is -0.458 e. The number of ether oxygens (including phenoxy) is 2. The van der Waals surface area contributed by atoms with Crippen molar-refractivity contribution in [2.75, 3.05) is 6.61 Å². The molecule has 0 N–H and O–H groups in total. The molecule has 4 rings (SSSR count).